The first-order valence-corrected chi connectivity index (χ1v) is 9.68. The number of fused-ring (bicyclic) bond motifs is 1. The summed E-state index contributed by atoms with van der Waals surface area (Å²) in [6.45, 7) is 5.31. The molecule has 1 aliphatic rings. The van der Waals surface area contributed by atoms with Crippen LogP contribution in [0.3, 0.4) is 0 Å². The number of hydrogen-bond donors (Lipinski definition) is 1. The average Bonchev–Trinajstić information content (AvgIpc) is 3.12. The summed E-state index contributed by atoms with van der Waals surface area (Å²) >= 11 is 1.63. The van der Waals surface area contributed by atoms with Gasteiger partial charge in [-0.1, -0.05) is 30.4 Å². The molecule has 0 unspecified atom stereocenters. The van der Waals surface area contributed by atoms with E-state index in [1.165, 1.54) is 5.56 Å². The molecule has 2 aromatic carbocycles. The zero-order chi connectivity index (χ0) is 17.9. The number of hydrogen-bond acceptors (Lipinski definition) is 5. The molecule has 3 aromatic rings. The van der Waals surface area contributed by atoms with Crippen LogP contribution in [-0.2, 0) is 11.2 Å². The van der Waals surface area contributed by atoms with E-state index in [2.05, 4.69) is 17.1 Å². The monoisotopic (exact) mass is 367 g/mol. The number of amides is 1. The minimum Gasteiger partial charge on any atom is -0.378 e. The number of rotatable bonds is 4. The van der Waals surface area contributed by atoms with E-state index in [-0.39, 0.29) is 5.91 Å². The van der Waals surface area contributed by atoms with Crippen LogP contribution in [0.1, 0.15) is 22.8 Å². The molecule has 0 aliphatic carbocycles. The molecule has 0 bridgehead atoms. The summed E-state index contributed by atoms with van der Waals surface area (Å²) in [5.41, 5.74) is 3.64. The predicted octanol–water partition coefficient (Wildman–Crippen LogP) is 3.95. The number of morpholine rings is 1. The zero-order valence-corrected chi connectivity index (χ0v) is 15.5. The number of carbonyl (C=O) groups excluding carboxylic acids is 1. The molecule has 6 heteroatoms. The summed E-state index contributed by atoms with van der Waals surface area (Å²) in [4.78, 5) is 19.5. The first-order chi connectivity index (χ1) is 12.7. The van der Waals surface area contributed by atoms with Crippen LogP contribution in [0.2, 0.25) is 0 Å². The summed E-state index contributed by atoms with van der Waals surface area (Å²) in [5.74, 6) is -0.0996. The molecule has 1 aromatic heterocycles. The van der Waals surface area contributed by atoms with Crippen molar-refractivity contribution in [2.75, 3.05) is 36.5 Å². The molecule has 1 saturated heterocycles. The number of benzene rings is 2. The highest BCUT2D eigenvalue weighted by molar-refractivity contribution is 7.22. The minimum atomic E-state index is -0.0996. The Balaban J connectivity index is 1.52. The number of thiazole rings is 1. The lowest BCUT2D eigenvalue weighted by atomic mass is 10.1. The van der Waals surface area contributed by atoms with Crippen molar-refractivity contribution >= 4 is 38.3 Å². The molecule has 1 fully saturated rings. The van der Waals surface area contributed by atoms with Gasteiger partial charge < -0.3 is 15.0 Å². The summed E-state index contributed by atoms with van der Waals surface area (Å²) in [7, 11) is 0. The standard InChI is InChI=1S/C20H21N3O2S/c1-2-14-3-6-16(7-4-14)21-19(24)15-5-8-17-18(13-15)26-20(22-17)23-9-11-25-12-10-23/h3-8,13H,2,9-12H2,1H3,(H,21,24). The molecule has 0 atom stereocenters. The second-order valence-corrected chi connectivity index (χ2v) is 7.29. The van der Waals surface area contributed by atoms with Crippen LogP contribution in [0, 0.1) is 0 Å². The van der Waals surface area contributed by atoms with Gasteiger partial charge in [0.25, 0.3) is 5.91 Å². The Kier molecular flexibility index (Phi) is 4.86. The smallest absolute Gasteiger partial charge is 0.255 e. The van der Waals surface area contributed by atoms with E-state index in [0.29, 0.717) is 5.56 Å². The molecule has 5 nitrogen and oxygen atoms in total. The summed E-state index contributed by atoms with van der Waals surface area (Å²) in [6.07, 6.45) is 0.988. The maximum absolute atomic E-state index is 12.6. The Morgan fingerprint density at radius 3 is 2.69 bits per heavy atom. The number of anilines is 2. The van der Waals surface area contributed by atoms with E-state index in [1.807, 2.05) is 42.5 Å². The quantitative estimate of drug-likeness (QED) is 0.759. The summed E-state index contributed by atoms with van der Waals surface area (Å²) in [5, 5.41) is 3.96. The topological polar surface area (TPSA) is 54.5 Å². The second-order valence-electron chi connectivity index (χ2n) is 6.28. The van der Waals surface area contributed by atoms with E-state index in [4.69, 9.17) is 9.72 Å². The molecular formula is C20H21N3O2S. The number of nitrogens with one attached hydrogen (secondary N) is 1. The van der Waals surface area contributed by atoms with Crippen LogP contribution in [0.15, 0.2) is 42.5 Å². The van der Waals surface area contributed by atoms with Crippen molar-refractivity contribution in [2.45, 2.75) is 13.3 Å². The number of aromatic nitrogens is 1. The van der Waals surface area contributed by atoms with Crippen LogP contribution in [0.4, 0.5) is 10.8 Å². The fourth-order valence-electron chi connectivity index (χ4n) is 2.97. The normalized spacial score (nSPS) is 14.6. The van der Waals surface area contributed by atoms with Gasteiger partial charge in [-0.05, 0) is 42.3 Å². The lowest BCUT2D eigenvalue weighted by Gasteiger charge is -2.25. The molecule has 1 aliphatic heterocycles. The van der Waals surface area contributed by atoms with Gasteiger partial charge in [0, 0.05) is 24.3 Å². The maximum atomic E-state index is 12.6. The molecule has 4 rings (SSSR count). The zero-order valence-electron chi connectivity index (χ0n) is 14.7. The van der Waals surface area contributed by atoms with Gasteiger partial charge in [-0.15, -0.1) is 0 Å². The van der Waals surface area contributed by atoms with E-state index in [9.17, 15) is 4.79 Å². The van der Waals surface area contributed by atoms with Crippen LogP contribution in [0.25, 0.3) is 10.2 Å². The van der Waals surface area contributed by atoms with Gasteiger partial charge in [0.1, 0.15) is 0 Å². The first-order valence-electron chi connectivity index (χ1n) is 8.86. The van der Waals surface area contributed by atoms with Gasteiger partial charge in [0.2, 0.25) is 0 Å². The van der Waals surface area contributed by atoms with E-state index < -0.39 is 0 Å². The SMILES string of the molecule is CCc1ccc(NC(=O)c2ccc3nc(N4CCOCC4)sc3c2)cc1. The first kappa shape index (κ1) is 17.0. The number of ether oxygens (including phenoxy) is 1. The Morgan fingerprint density at radius 2 is 1.96 bits per heavy atom. The van der Waals surface area contributed by atoms with E-state index in [0.717, 1.165) is 53.8 Å². The fraction of sp³-hybridized carbons (Fsp3) is 0.300. The Bertz CT molecular complexity index is 914. The van der Waals surface area contributed by atoms with Crippen molar-refractivity contribution in [3.05, 3.63) is 53.6 Å². The predicted molar refractivity (Wildman–Crippen MR) is 106 cm³/mol. The highest BCUT2D eigenvalue weighted by atomic mass is 32.1. The molecule has 0 radical (unpaired) electrons. The van der Waals surface area contributed by atoms with Crippen LogP contribution in [-0.4, -0.2) is 37.2 Å². The van der Waals surface area contributed by atoms with Crippen LogP contribution < -0.4 is 10.2 Å². The molecule has 0 saturated carbocycles. The third-order valence-electron chi connectivity index (χ3n) is 4.54. The lowest BCUT2D eigenvalue weighted by molar-refractivity contribution is 0.102. The van der Waals surface area contributed by atoms with Crippen molar-refractivity contribution in [3.63, 3.8) is 0 Å². The van der Waals surface area contributed by atoms with E-state index in [1.54, 1.807) is 11.3 Å². The van der Waals surface area contributed by atoms with E-state index >= 15 is 0 Å². The number of aryl methyl sites for hydroxylation is 1. The third kappa shape index (κ3) is 3.57. The highest BCUT2D eigenvalue weighted by Crippen LogP contribution is 2.30. The summed E-state index contributed by atoms with van der Waals surface area (Å²) < 4.78 is 6.43. The van der Waals surface area contributed by atoms with Crippen molar-refractivity contribution in [3.8, 4) is 0 Å². The van der Waals surface area contributed by atoms with Crippen molar-refractivity contribution < 1.29 is 9.53 Å². The molecule has 2 heterocycles. The van der Waals surface area contributed by atoms with Crippen LogP contribution in [0.5, 0.6) is 0 Å². The van der Waals surface area contributed by atoms with Gasteiger partial charge in [0.15, 0.2) is 5.13 Å². The Morgan fingerprint density at radius 1 is 1.19 bits per heavy atom. The number of nitrogens with zero attached hydrogens (tertiary/aromatic N) is 2. The largest absolute Gasteiger partial charge is 0.378 e. The molecule has 134 valence electrons. The Hall–Kier alpha value is -2.44. The average molecular weight is 367 g/mol. The lowest BCUT2D eigenvalue weighted by Crippen LogP contribution is -2.36. The van der Waals surface area contributed by atoms with Gasteiger partial charge in [-0.2, -0.15) is 0 Å². The van der Waals surface area contributed by atoms with Gasteiger partial charge in [0.05, 0.1) is 23.4 Å². The third-order valence-corrected chi connectivity index (χ3v) is 5.62. The van der Waals surface area contributed by atoms with Crippen molar-refractivity contribution in [1.82, 2.24) is 4.98 Å². The molecule has 26 heavy (non-hydrogen) atoms. The van der Waals surface area contributed by atoms with Crippen LogP contribution >= 0.6 is 11.3 Å². The van der Waals surface area contributed by atoms with Gasteiger partial charge in [-0.3, -0.25) is 4.79 Å². The Labute approximate surface area is 156 Å². The van der Waals surface area contributed by atoms with Gasteiger partial charge in [-0.25, -0.2) is 4.98 Å². The fourth-order valence-corrected chi connectivity index (χ4v) is 4.03. The second kappa shape index (κ2) is 7.43. The molecule has 0 spiro atoms. The maximum Gasteiger partial charge on any atom is 0.255 e. The minimum absolute atomic E-state index is 0.0996. The molecule has 1 N–H and O–H groups in total. The molecular weight excluding hydrogens is 346 g/mol. The molecule has 1 amide bonds. The van der Waals surface area contributed by atoms with Gasteiger partial charge >= 0.3 is 0 Å². The van der Waals surface area contributed by atoms with Crippen molar-refractivity contribution in [1.29, 1.82) is 0 Å². The summed E-state index contributed by atoms with van der Waals surface area (Å²) in [6, 6.07) is 13.6. The highest BCUT2D eigenvalue weighted by Gasteiger charge is 2.16. The van der Waals surface area contributed by atoms with Crippen molar-refractivity contribution in [2.24, 2.45) is 0 Å². The number of carbonyl (C=O) groups is 1.